The number of carbonyl (C=O) groups excluding carboxylic acids is 2. The molecule has 1 aromatic rings. The third-order valence-corrected chi connectivity index (χ3v) is 3.82. The molecule has 23 heavy (non-hydrogen) atoms. The van der Waals surface area contributed by atoms with Gasteiger partial charge in [-0.1, -0.05) is 0 Å². The molecule has 1 fully saturated rings. The number of amides is 1. The highest BCUT2D eigenvalue weighted by Crippen LogP contribution is 2.16. The fourth-order valence-electron chi connectivity index (χ4n) is 2.50. The molecule has 1 saturated heterocycles. The topological polar surface area (TPSA) is 79.6 Å². The zero-order valence-electron chi connectivity index (χ0n) is 13.2. The van der Waals surface area contributed by atoms with Gasteiger partial charge < -0.3 is 14.4 Å². The van der Waals surface area contributed by atoms with Gasteiger partial charge in [0.1, 0.15) is 5.75 Å². The van der Waals surface area contributed by atoms with Crippen molar-refractivity contribution < 1.29 is 19.1 Å². The first kappa shape index (κ1) is 16.8. The van der Waals surface area contributed by atoms with Crippen molar-refractivity contribution in [1.29, 1.82) is 5.26 Å². The Bertz CT molecular complexity index is 592. The van der Waals surface area contributed by atoms with Gasteiger partial charge in [0, 0.05) is 12.6 Å². The Hall–Kier alpha value is -2.55. The Morgan fingerprint density at radius 3 is 2.65 bits per heavy atom. The minimum absolute atomic E-state index is 0.163. The molecule has 0 N–H and O–H groups in total. The number of carbonyl (C=O) groups is 2. The number of hydrogen-bond acceptors (Lipinski definition) is 5. The Kier molecular flexibility index (Phi) is 5.98. The normalized spacial score (nSPS) is 17.2. The number of piperidine rings is 1. The van der Waals surface area contributed by atoms with Crippen molar-refractivity contribution in [2.75, 3.05) is 19.8 Å². The van der Waals surface area contributed by atoms with Crippen LogP contribution in [0.2, 0.25) is 0 Å². The van der Waals surface area contributed by atoms with E-state index in [0.717, 1.165) is 25.8 Å². The lowest BCUT2D eigenvalue weighted by atomic mass is 10.0. The lowest BCUT2D eigenvalue weighted by Crippen LogP contribution is -2.44. The first-order valence-corrected chi connectivity index (χ1v) is 7.68. The summed E-state index contributed by atoms with van der Waals surface area (Å²) in [5.74, 6) is -0.284. The van der Waals surface area contributed by atoms with Crippen molar-refractivity contribution in [3.05, 3.63) is 29.8 Å². The van der Waals surface area contributed by atoms with Crippen LogP contribution in [0, 0.1) is 11.3 Å². The van der Waals surface area contributed by atoms with Crippen molar-refractivity contribution in [3.63, 3.8) is 0 Å². The van der Waals surface area contributed by atoms with E-state index in [1.54, 1.807) is 29.2 Å². The van der Waals surface area contributed by atoms with E-state index in [9.17, 15) is 9.59 Å². The largest absolute Gasteiger partial charge is 0.482 e. The van der Waals surface area contributed by atoms with E-state index < -0.39 is 5.97 Å². The Balaban J connectivity index is 1.72. The van der Waals surface area contributed by atoms with Gasteiger partial charge in [-0.3, -0.25) is 4.79 Å². The van der Waals surface area contributed by atoms with Crippen LogP contribution in [0.3, 0.4) is 0 Å². The first-order chi connectivity index (χ1) is 11.1. The molecule has 0 radical (unpaired) electrons. The smallest absolute Gasteiger partial charge is 0.344 e. The van der Waals surface area contributed by atoms with Gasteiger partial charge in [0.05, 0.1) is 11.6 Å². The molecule has 0 saturated carbocycles. The van der Waals surface area contributed by atoms with E-state index >= 15 is 0 Å². The van der Waals surface area contributed by atoms with Gasteiger partial charge in [-0.15, -0.1) is 0 Å². The molecule has 1 aliphatic heterocycles. The van der Waals surface area contributed by atoms with Crippen molar-refractivity contribution in [1.82, 2.24) is 4.90 Å². The summed E-state index contributed by atoms with van der Waals surface area (Å²) >= 11 is 0. The zero-order chi connectivity index (χ0) is 16.7. The summed E-state index contributed by atoms with van der Waals surface area (Å²) in [6.45, 7) is 2.21. The van der Waals surface area contributed by atoms with Crippen LogP contribution in [0.5, 0.6) is 5.75 Å². The number of hydrogen-bond donors (Lipinski definition) is 0. The van der Waals surface area contributed by atoms with Crippen LogP contribution in [0.25, 0.3) is 0 Å². The van der Waals surface area contributed by atoms with Crippen LogP contribution in [0.15, 0.2) is 24.3 Å². The second-order valence-electron chi connectivity index (χ2n) is 5.52. The summed E-state index contributed by atoms with van der Waals surface area (Å²) in [6, 6.07) is 8.60. The van der Waals surface area contributed by atoms with Gasteiger partial charge >= 0.3 is 5.97 Å². The quantitative estimate of drug-likeness (QED) is 0.775. The lowest BCUT2D eigenvalue weighted by Gasteiger charge is -2.33. The van der Waals surface area contributed by atoms with Crippen molar-refractivity contribution in [2.45, 2.75) is 32.2 Å². The molecular formula is C17H20N2O4. The number of likely N-dealkylation sites (tertiary alicyclic amines) is 1. The van der Waals surface area contributed by atoms with Gasteiger partial charge in [-0.25, -0.2) is 4.79 Å². The number of ether oxygens (including phenoxy) is 2. The summed E-state index contributed by atoms with van der Waals surface area (Å²) < 4.78 is 10.2. The van der Waals surface area contributed by atoms with Crippen LogP contribution < -0.4 is 4.74 Å². The molecular weight excluding hydrogens is 296 g/mol. The summed E-state index contributed by atoms with van der Waals surface area (Å²) in [5, 5.41) is 8.69. The summed E-state index contributed by atoms with van der Waals surface area (Å²) in [4.78, 5) is 25.4. The molecule has 1 aliphatic rings. The molecule has 0 unspecified atom stereocenters. The fraction of sp³-hybridized carbons (Fsp3) is 0.471. The first-order valence-electron chi connectivity index (χ1n) is 7.68. The second kappa shape index (κ2) is 8.18. The zero-order valence-corrected chi connectivity index (χ0v) is 13.2. The number of nitriles is 1. The highest BCUT2D eigenvalue weighted by Gasteiger charge is 2.23. The third-order valence-electron chi connectivity index (χ3n) is 3.82. The highest BCUT2D eigenvalue weighted by atomic mass is 16.6. The molecule has 0 aliphatic carbocycles. The van der Waals surface area contributed by atoms with Gasteiger partial charge in [-0.05, 0) is 50.5 Å². The number of rotatable bonds is 5. The predicted octanol–water partition coefficient (Wildman–Crippen LogP) is 1.88. The van der Waals surface area contributed by atoms with Crippen molar-refractivity contribution in [2.24, 2.45) is 0 Å². The van der Waals surface area contributed by atoms with Gasteiger partial charge in [0.25, 0.3) is 5.91 Å². The lowest BCUT2D eigenvalue weighted by molar-refractivity contribution is -0.154. The van der Waals surface area contributed by atoms with Crippen LogP contribution in [-0.4, -0.2) is 42.6 Å². The number of benzene rings is 1. The van der Waals surface area contributed by atoms with Crippen molar-refractivity contribution >= 4 is 11.9 Å². The second-order valence-corrected chi connectivity index (χ2v) is 5.52. The van der Waals surface area contributed by atoms with Crippen LogP contribution in [0.4, 0.5) is 0 Å². The average molecular weight is 316 g/mol. The molecule has 1 aromatic carbocycles. The third kappa shape index (κ3) is 4.99. The van der Waals surface area contributed by atoms with E-state index in [1.807, 2.05) is 13.0 Å². The van der Waals surface area contributed by atoms with Crippen LogP contribution >= 0.6 is 0 Å². The summed E-state index contributed by atoms with van der Waals surface area (Å²) in [7, 11) is 0. The number of esters is 1. The Labute approximate surface area is 135 Å². The van der Waals surface area contributed by atoms with E-state index in [4.69, 9.17) is 14.7 Å². The Morgan fingerprint density at radius 2 is 2.00 bits per heavy atom. The number of nitrogens with zero attached hydrogens (tertiary/aromatic N) is 2. The van der Waals surface area contributed by atoms with Gasteiger partial charge in [-0.2, -0.15) is 5.26 Å². The monoisotopic (exact) mass is 316 g/mol. The highest BCUT2D eigenvalue weighted by molar-refractivity contribution is 5.81. The van der Waals surface area contributed by atoms with E-state index in [1.165, 1.54) is 0 Å². The minimum atomic E-state index is -0.590. The molecule has 0 aromatic heterocycles. The molecule has 1 amide bonds. The molecule has 2 rings (SSSR count). The molecule has 0 spiro atoms. The minimum Gasteiger partial charge on any atom is -0.482 e. The predicted molar refractivity (Wildman–Crippen MR) is 82.6 cm³/mol. The molecule has 1 heterocycles. The van der Waals surface area contributed by atoms with E-state index in [-0.39, 0.29) is 25.2 Å². The van der Waals surface area contributed by atoms with E-state index in [2.05, 4.69) is 0 Å². The maximum absolute atomic E-state index is 12.0. The summed E-state index contributed by atoms with van der Waals surface area (Å²) in [5.41, 5.74) is 0.515. The SMILES string of the molecule is C[C@H]1CCCCN1C(=O)COC(=O)COc1ccc(C#N)cc1. The van der Waals surface area contributed by atoms with E-state index in [0.29, 0.717) is 11.3 Å². The maximum Gasteiger partial charge on any atom is 0.344 e. The van der Waals surface area contributed by atoms with Gasteiger partial charge in [0.2, 0.25) is 0 Å². The summed E-state index contributed by atoms with van der Waals surface area (Å²) in [6.07, 6.45) is 3.11. The van der Waals surface area contributed by atoms with Crippen LogP contribution in [0.1, 0.15) is 31.7 Å². The molecule has 122 valence electrons. The molecule has 0 bridgehead atoms. The average Bonchev–Trinajstić information content (AvgIpc) is 2.58. The molecule has 6 heteroatoms. The van der Waals surface area contributed by atoms with Gasteiger partial charge in [0.15, 0.2) is 13.2 Å². The van der Waals surface area contributed by atoms with Crippen LogP contribution in [-0.2, 0) is 14.3 Å². The maximum atomic E-state index is 12.0. The molecule has 1 atom stereocenters. The Morgan fingerprint density at radius 1 is 1.26 bits per heavy atom. The fourth-order valence-corrected chi connectivity index (χ4v) is 2.50. The van der Waals surface area contributed by atoms with Crippen molar-refractivity contribution in [3.8, 4) is 11.8 Å². The standard InChI is InChI=1S/C17H20N2O4/c1-13-4-2-3-9-19(13)16(20)11-23-17(21)12-22-15-7-5-14(10-18)6-8-15/h5-8,13H,2-4,9,11-12H2,1H3/t13-/m0/s1. The molecule has 6 nitrogen and oxygen atoms in total.